The maximum atomic E-state index is 12.9. The second-order valence-electron chi connectivity index (χ2n) is 6.11. The molecule has 2 aliphatic rings. The Labute approximate surface area is 123 Å². The van der Waals surface area contributed by atoms with Crippen LogP contribution in [-0.4, -0.2) is 55.3 Å². The first-order valence-corrected chi connectivity index (χ1v) is 9.45. The average molecular weight is 303 g/mol. The number of nitrogens with one attached hydrogen (secondary N) is 1. The molecule has 0 saturated carbocycles. The lowest BCUT2D eigenvalue weighted by Gasteiger charge is -2.37. The first-order chi connectivity index (χ1) is 9.55. The van der Waals surface area contributed by atoms with E-state index < -0.39 is 10.2 Å². The second kappa shape index (κ2) is 7.20. The summed E-state index contributed by atoms with van der Waals surface area (Å²) in [6.07, 6.45) is 6.24. The molecule has 0 spiro atoms. The van der Waals surface area contributed by atoms with Gasteiger partial charge in [0.25, 0.3) is 10.2 Å². The van der Waals surface area contributed by atoms with E-state index in [0.717, 1.165) is 45.1 Å². The highest BCUT2D eigenvalue weighted by molar-refractivity contribution is 7.86. The van der Waals surface area contributed by atoms with E-state index in [0.29, 0.717) is 25.7 Å². The van der Waals surface area contributed by atoms with Gasteiger partial charge >= 0.3 is 0 Å². The summed E-state index contributed by atoms with van der Waals surface area (Å²) in [5.41, 5.74) is 0. The minimum absolute atomic E-state index is 0.143. The predicted molar refractivity (Wildman–Crippen MR) is 81.8 cm³/mol. The van der Waals surface area contributed by atoms with Crippen molar-refractivity contribution in [1.82, 2.24) is 13.9 Å². The molecule has 1 N–H and O–H groups in total. The van der Waals surface area contributed by atoms with Crippen LogP contribution in [0.15, 0.2) is 0 Å². The molecule has 20 heavy (non-hydrogen) atoms. The standard InChI is InChI=1S/C14H29N3O2S/c1-3-10-16(12-14-8-6-9-15-14)20(18,19)17-11-5-4-7-13(17)2/h13-15H,3-12H2,1-2H3. The topological polar surface area (TPSA) is 52.7 Å². The Morgan fingerprint density at radius 3 is 2.65 bits per heavy atom. The Bertz CT molecular complexity index is 393. The molecule has 0 aromatic carbocycles. The van der Waals surface area contributed by atoms with E-state index >= 15 is 0 Å². The summed E-state index contributed by atoms with van der Waals surface area (Å²) in [4.78, 5) is 0. The van der Waals surface area contributed by atoms with Gasteiger partial charge in [-0.2, -0.15) is 17.0 Å². The summed E-state index contributed by atoms with van der Waals surface area (Å²) in [6, 6.07) is 0.473. The number of piperidine rings is 1. The third kappa shape index (κ3) is 3.72. The Morgan fingerprint density at radius 1 is 1.25 bits per heavy atom. The van der Waals surface area contributed by atoms with Gasteiger partial charge in [0.05, 0.1) is 0 Å². The van der Waals surface area contributed by atoms with E-state index in [1.165, 1.54) is 0 Å². The number of nitrogens with zero attached hydrogens (tertiary/aromatic N) is 2. The number of hydrogen-bond acceptors (Lipinski definition) is 3. The van der Waals surface area contributed by atoms with Crippen LogP contribution in [0.1, 0.15) is 52.4 Å². The Hall–Kier alpha value is -0.170. The summed E-state index contributed by atoms with van der Waals surface area (Å²) >= 11 is 0. The van der Waals surface area contributed by atoms with E-state index in [2.05, 4.69) is 5.32 Å². The fraction of sp³-hybridized carbons (Fsp3) is 1.00. The Balaban J connectivity index is 2.08. The zero-order chi connectivity index (χ0) is 14.6. The van der Waals surface area contributed by atoms with E-state index in [4.69, 9.17) is 0 Å². The van der Waals surface area contributed by atoms with Crippen molar-refractivity contribution in [1.29, 1.82) is 0 Å². The molecule has 0 bridgehead atoms. The molecule has 0 aliphatic carbocycles. The summed E-state index contributed by atoms with van der Waals surface area (Å²) in [6.45, 7) is 7.04. The smallest absolute Gasteiger partial charge is 0.282 e. The molecule has 118 valence electrons. The van der Waals surface area contributed by atoms with Gasteiger partial charge in [0.2, 0.25) is 0 Å². The SMILES string of the molecule is CCCN(CC1CCCN1)S(=O)(=O)N1CCCCC1C. The van der Waals surface area contributed by atoms with Crippen LogP contribution in [-0.2, 0) is 10.2 Å². The van der Waals surface area contributed by atoms with Crippen molar-refractivity contribution in [2.75, 3.05) is 26.2 Å². The van der Waals surface area contributed by atoms with E-state index in [1.807, 2.05) is 13.8 Å². The van der Waals surface area contributed by atoms with Gasteiger partial charge in [0, 0.05) is 31.7 Å². The van der Waals surface area contributed by atoms with Crippen LogP contribution in [0.5, 0.6) is 0 Å². The van der Waals surface area contributed by atoms with Crippen LogP contribution < -0.4 is 5.32 Å². The van der Waals surface area contributed by atoms with Crippen LogP contribution in [0, 0.1) is 0 Å². The molecule has 0 aromatic heterocycles. The van der Waals surface area contributed by atoms with Crippen molar-refractivity contribution in [2.45, 2.75) is 64.5 Å². The lowest BCUT2D eigenvalue weighted by molar-refractivity contribution is 0.239. The highest BCUT2D eigenvalue weighted by atomic mass is 32.2. The second-order valence-corrected chi connectivity index (χ2v) is 8.00. The maximum absolute atomic E-state index is 12.9. The van der Waals surface area contributed by atoms with Crippen molar-refractivity contribution in [3.8, 4) is 0 Å². The van der Waals surface area contributed by atoms with Crippen molar-refractivity contribution in [3.63, 3.8) is 0 Å². The molecule has 0 amide bonds. The molecule has 6 heteroatoms. The quantitative estimate of drug-likeness (QED) is 0.810. The molecule has 2 fully saturated rings. The van der Waals surface area contributed by atoms with Crippen molar-refractivity contribution < 1.29 is 8.42 Å². The Kier molecular flexibility index (Phi) is 5.84. The van der Waals surface area contributed by atoms with Gasteiger partial charge in [-0.15, -0.1) is 0 Å². The Morgan fingerprint density at radius 2 is 2.05 bits per heavy atom. The highest BCUT2D eigenvalue weighted by Gasteiger charge is 2.35. The number of rotatable bonds is 6. The number of hydrogen-bond donors (Lipinski definition) is 1. The van der Waals surface area contributed by atoms with Gasteiger partial charge in [-0.25, -0.2) is 0 Å². The molecule has 2 aliphatic heterocycles. The van der Waals surface area contributed by atoms with Crippen LogP contribution in [0.4, 0.5) is 0 Å². The van der Waals surface area contributed by atoms with Crippen LogP contribution in [0.3, 0.4) is 0 Å². The molecule has 2 saturated heterocycles. The van der Waals surface area contributed by atoms with Gasteiger partial charge in [-0.05, 0) is 45.6 Å². The first kappa shape index (κ1) is 16.2. The molecule has 2 atom stereocenters. The maximum Gasteiger partial charge on any atom is 0.282 e. The fourth-order valence-corrected chi connectivity index (χ4v) is 5.27. The molecule has 5 nitrogen and oxygen atoms in total. The third-order valence-electron chi connectivity index (χ3n) is 4.42. The highest BCUT2D eigenvalue weighted by Crippen LogP contribution is 2.23. The van der Waals surface area contributed by atoms with Crippen molar-refractivity contribution in [3.05, 3.63) is 0 Å². The fourth-order valence-electron chi connectivity index (χ4n) is 3.27. The minimum atomic E-state index is -3.30. The van der Waals surface area contributed by atoms with Crippen LogP contribution in [0.25, 0.3) is 0 Å². The largest absolute Gasteiger partial charge is 0.313 e. The summed E-state index contributed by atoms with van der Waals surface area (Å²) in [5, 5.41) is 3.41. The molecule has 0 radical (unpaired) electrons. The molecular weight excluding hydrogens is 274 g/mol. The lowest BCUT2D eigenvalue weighted by atomic mass is 10.1. The minimum Gasteiger partial charge on any atom is -0.313 e. The van der Waals surface area contributed by atoms with E-state index in [-0.39, 0.29) is 6.04 Å². The van der Waals surface area contributed by atoms with Gasteiger partial charge in [0.1, 0.15) is 0 Å². The van der Waals surface area contributed by atoms with Crippen LogP contribution in [0.2, 0.25) is 0 Å². The average Bonchev–Trinajstić information content (AvgIpc) is 2.91. The van der Waals surface area contributed by atoms with E-state index in [1.54, 1.807) is 8.61 Å². The zero-order valence-electron chi connectivity index (χ0n) is 12.8. The van der Waals surface area contributed by atoms with Gasteiger partial charge in [-0.1, -0.05) is 13.3 Å². The predicted octanol–water partition coefficient (Wildman–Crippen LogP) is 1.57. The third-order valence-corrected chi connectivity index (χ3v) is 6.54. The molecular formula is C14H29N3O2S. The normalized spacial score (nSPS) is 29.1. The monoisotopic (exact) mass is 303 g/mol. The lowest BCUT2D eigenvalue weighted by Crippen LogP contribution is -2.52. The van der Waals surface area contributed by atoms with Crippen LogP contribution >= 0.6 is 0 Å². The summed E-state index contributed by atoms with van der Waals surface area (Å²) in [7, 11) is -3.30. The van der Waals surface area contributed by atoms with Gasteiger partial charge < -0.3 is 5.32 Å². The zero-order valence-corrected chi connectivity index (χ0v) is 13.7. The molecule has 2 unspecified atom stereocenters. The van der Waals surface area contributed by atoms with Gasteiger partial charge in [-0.3, -0.25) is 0 Å². The molecule has 2 heterocycles. The molecule has 0 aromatic rings. The summed E-state index contributed by atoms with van der Waals surface area (Å²) in [5.74, 6) is 0. The van der Waals surface area contributed by atoms with Crippen molar-refractivity contribution in [2.24, 2.45) is 0 Å². The summed E-state index contributed by atoms with van der Waals surface area (Å²) < 4.78 is 29.2. The van der Waals surface area contributed by atoms with Crippen molar-refractivity contribution >= 4 is 10.2 Å². The van der Waals surface area contributed by atoms with E-state index in [9.17, 15) is 8.42 Å². The van der Waals surface area contributed by atoms with Gasteiger partial charge in [0.15, 0.2) is 0 Å². The first-order valence-electron chi connectivity index (χ1n) is 8.06. The molecule has 2 rings (SSSR count).